The van der Waals surface area contributed by atoms with Gasteiger partial charge in [0.05, 0.1) is 22.1 Å². The minimum absolute atomic E-state index is 0.835. The van der Waals surface area contributed by atoms with Crippen molar-refractivity contribution in [2.24, 2.45) is 0 Å². The summed E-state index contributed by atoms with van der Waals surface area (Å²) >= 11 is 1.83. The zero-order valence-corrected chi connectivity index (χ0v) is 25.5. The molecule has 0 N–H and O–H groups in total. The van der Waals surface area contributed by atoms with Crippen LogP contribution >= 0.6 is 11.3 Å². The highest BCUT2D eigenvalue weighted by atomic mass is 32.1. The Morgan fingerprint density at radius 1 is 0.413 bits per heavy atom. The first-order valence-electron chi connectivity index (χ1n) is 15.5. The monoisotopic (exact) mass is 603 g/mol. The third-order valence-electron chi connectivity index (χ3n) is 9.16. The number of para-hydroxylation sites is 1. The van der Waals surface area contributed by atoms with Crippen LogP contribution in [0, 0.1) is 0 Å². The summed E-state index contributed by atoms with van der Waals surface area (Å²) in [7, 11) is 0. The lowest BCUT2D eigenvalue weighted by Crippen LogP contribution is -2.04. The minimum atomic E-state index is 0.835. The SMILES string of the molecule is c1ccc(-c2ccc3nc(-n4c5ccccc5c5cc6ccccc6cc54)c(-c4ccc5c(c4)sc4ccccc45)nc3c2)cc1. The Balaban J connectivity index is 1.31. The number of thiophene rings is 1. The average Bonchev–Trinajstić information content (AvgIpc) is 3.65. The van der Waals surface area contributed by atoms with Crippen LogP contribution in [0.3, 0.4) is 0 Å². The summed E-state index contributed by atoms with van der Waals surface area (Å²) < 4.78 is 4.86. The summed E-state index contributed by atoms with van der Waals surface area (Å²) in [6.45, 7) is 0. The Morgan fingerprint density at radius 2 is 1.13 bits per heavy atom. The van der Waals surface area contributed by atoms with Crippen LogP contribution in [0.5, 0.6) is 0 Å². The molecule has 0 unspecified atom stereocenters. The molecule has 3 aromatic heterocycles. The molecule has 0 amide bonds. The molecule has 3 nitrogen and oxygen atoms in total. The predicted octanol–water partition coefficient (Wildman–Crippen LogP) is 11.6. The fourth-order valence-electron chi connectivity index (χ4n) is 6.96. The molecule has 0 aliphatic carbocycles. The highest BCUT2D eigenvalue weighted by Crippen LogP contribution is 2.40. The zero-order chi connectivity index (χ0) is 30.2. The first-order valence-corrected chi connectivity index (χ1v) is 16.3. The molecule has 3 heterocycles. The number of rotatable bonds is 3. The van der Waals surface area contributed by atoms with Crippen molar-refractivity contribution in [3.05, 3.63) is 152 Å². The smallest absolute Gasteiger partial charge is 0.165 e. The summed E-state index contributed by atoms with van der Waals surface area (Å²) in [5, 5.41) is 7.41. The molecule has 0 saturated carbocycles. The normalized spacial score (nSPS) is 11.9. The van der Waals surface area contributed by atoms with E-state index in [0.29, 0.717) is 0 Å². The first kappa shape index (κ1) is 25.5. The Morgan fingerprint density at radius 3 is 2.02 bits per heavy atom. The van der Waals surface area contributed by atoms with Crippen molar-refractivity contribution in [1.82, 2.24) is 14.5 Å². The summed E-state index contributed by atoms with van der Waals surface area (Å²) in [4.78, 5) is 10.9. The second-order valence-electron chi connectivity index (χ2n) is 11.8. The summed E-state index contributed by atoms with van der Waals surface area (Å²) in [5.74, 6) is 0.835. The van der Waals surface area contributed by atoms with Gasteiger partial charge < -0.3 is 0 Å². The Labute approximate surface area is 268 Å². The van der Waals surface area contributed by atoms with Gasteiger partial charge in [-0.2, -0.15) is 0 Å². The fourth-order valence-corrected chi connectivity index (χ4v) is 8.11. The van der Waals surface area contributed by atoms with Crippen molar-refractivity contribution in [3.8, 4) is 28.2 Å². The van der Waals surface area contributed by atoms with Crippen LogP contribution in [0.4, 0.5) is 0 Å². The molecule has 46 heavy (non-hydrogen) atoms. The molecule has 0 aliphatic heterocycles. The van der Waals surface area contributed by atoms with Gasteiger partial charge >= 0.3 is 0 Å². The predicted molar refractivity (Wildman–Crippen MR) is 195 cm³/mol. The first-order chi connectivity index (χ1) is 22.8. The van der Waals surface area contributed by atoms with E-state index in [1.807, 2.05) is 17.4 Å². The number of benzene rings is 7. The van der Waals surface area contributed by atoms with Gasteiger partial charge in [0.15, 0.2) is 5.82 Å². The molecule has 4 heteroatoms. The largest absolute Gasteiger partial charge is 0.292 e. The maximum absolute atomic E-state index is 5.45. The van der Waals surface area contributed by atoms with Gasteiger partial charge in [-0.05, 0) is 64.4 Å². The molecule has 0 saturated heterocycles. The number of nitrogens with zero attached hydrogens (tertiary/aromatic N) is 3. The van der Waals surface area contributed by atoms with Crippen molar-refractivity contribution < 1.29 is 0 Å². The lowest BCUT2D eigenvalue weighted by molar-refractivity contribution is 1.08. The van der Waals surface area contributed by atoms with Crippen molar-refractivity contribution in [1.29, 1.82) is 0 Å². The second kappa shape index (κ2) is 9.83. The van der Waals surface area contributed by atoms with E-state index in [1.165, 1.54) is 41.7 Å². The molecular formula is C42H25N3S. The lowest BCUT2D eigenvalue weighted by Gasteiger charge is -2.15. The number of hydrogen-bond donors (Lipinski definition) is 0. The standard InChI is InChI=1S/C42H25N3S/c1-2-10-26(11-3-1)29-19-21-35-36(23-29)43-41(30-18-20-33-32-15-7-9-17-39(32)46-40(33)25-30)42(44-35)45-37-16-8-6-14-31(37)34-22-27-12-4-5-13-28(27)24-38(34)45/h1-25H. The van der Waals surface area contributed by atoms with E-state index in [4.69, 9.17) is 9.97 Å². The maximum atomic E-state index is 5.45. The van der Waals surface area contributed by atoms with E-state index >= 15 is 0 Å². The summed E-state index contributed by atoms with van der Waals surface area (Å²) in [6.07, 6.45) is 0. The number of hydrogen-bond acceptors (Lipinski definition) is 3. The Kier molecular flexibility index (Phi) is 5.45. The molecule has 10 rings (SSSR count). The third kappa shape index (κ3) is 3.84. The van der Waals surface area contributed by atoms with E-state index in [0.717, 1.165) is 50.3 Å². The minimum Gasteiger partial charge on any atom is -0.292 e. The van der Waals surface area contributed by atoms with Gasteiger partial charge in [0.2, 0.25) is 0 Å². The van der Waals surface area contributed by atoms with E-state index in [2.05, 4.69) is 150 Å². The van der Waals surface area contributed by atoms with Gasteiger partial charge in [0.1, 0.15) is 5.69 Å². The molecule has 7 aromatic carbocycles. The van der Waals surface area contributed by atoms with Gasteiger partial charge in [-0.25, -0.2) is 9.97 Å². The Hall–Kier alpha value is -5.84. The fraction of sp³-hybridized carbons (Fsp3) is 0. The molecule has 0 bridgehead atoms. The van der Waals surface area contributed by atoms with E-state index < -0.39 is 0 Å². The van der Waals surface area contributed by atoms with Crippen LogP contribution in [-0.2, 0) is 0 Å². The van der Waals surface area contributed by atoms with Crippen molar-refractivity contribution >= 4 is 75.1 Å². The Bertz CT molecular complexity index is 2810. The van der Waals surface area contributed by atoms with Crippen LogP contribution in [-0.4, -0.2) is 14.5 Å². The summed E-state index contributed by atoms with van der Waals surface area (Å²) in [5.41, 5.74) is 8.21. The van der Waals surface area contributed by atoms with Crippen LogP contribution < -0.4 is 0 Å². The molecule has 10 aromatic rings. The zero-order valence-electron chi connectivity index (χ0n) is 24.7. The molecular weight excluding hydrogens is 579 g/mol. The van der Waals surface area contributed by atoms with Gasteiger partial charge in [0.25, 0.3) is 0 Å². The molecule has 0 radical (unpaired) electrons. The van der Waals surface area contributed by atoms with Crippen LogP contribution in [0.2, 0.25) is 0 Å². The van der Waals surface area contributed by atoms with Gasteiger partial charge in [-0.15, -0.1) is 11.3 Å². The van der Waals surface area contributed by atoms with E-state index in [9.17, 15) is 0 Å². The topological polar surface area (TPSA) is 30.7 Å². The van der Waals surface area contributed by atoms with Crippen molar-refractivity contribution in [3.63, 3.8) is 0 Å². The van der Waals surface area contributed by atoms with E-state index in [-0.39, 0.29) is 0 Å². The molecule has 0 aliphatic rings. The average molecular weight is 604 g/mol. The van der Waals surface area contributed by atoms with Crippen molar-refractivity contribution in [2.45, 2.75) is 0 Å². The van der Waals surface area contributed by atoms with Gasteiger partial charge in [0, 0.05) is 36.5 Å². The lowest BCUT2D eigenvalue weighted by atomic mass is 10.0. The van der Waals surface area contributed by atoms with Gasteiger partial charge in [-0.3, -0.25) is 4.57 Å². The van der Waals surface area contributed by atoms with Crippen molar-refractivity contribution in [2.75, 3.05) is 0 Å². The quantitative estimate of drug-likeness (QED) is 0.201. The van der Waals surface area contributed by atoms with Crippen LogP contribution in [0.25, 0.3) is 92.0 Å². The third-order valence-corrected chi connectivity index (χ3v) is 10.3. The molecule has 0 atom stereocenters. The van der Waals surface area contributed by atoms with Crippen LogP contribution in [0.15, 0.2) is 152 Å². The molecule has 214 valence electrons. The van der Waals surface area contributed by atoms with Gasteiger partial charge in [-0.1, -0.05) is 109 Å². The second-order valence-corrected chi connectivity index (χ2v) is 12.9. The molecule has 0 spiro atoms. The summed E-state index contributed by atoms with van der Waals surface area (Å²) in [6, 6.07) is 54.1. The molecule has 0 fully saturated rings. The van der Waals surface area contributed by atoms with Crippen LogP contribution in [0.1, 0.15) is 0 Å². The highest BCUT2D eigenvalue weighted by Gasteiger charge is 2.20. The van der Waals surface area contributed by atoms with E-state index in [1.54, 1.807) is 0 Å². The number of fused-ring (bicyclic) bond motifs is 8. The number of aromatic nitrogens is 3. The maximum Gasteiger partial charge on any atom is 0.165 e. The highest BCUT2D eigenvalue weighted by molar-refractivity contribution is 7.25.